The van der Waals surface area contributed by atoms with E-state index in [9.17, 15) is 18.0 Å². The molecule has 0 radical (unpaired) electrons. The number of anilines is 1. The summed E-state index contributed by atoms with van der Waals surface area (Å²) in [6.45, 7) is 8.82. The van der Waals surface area contributed by atoms with E-state index in [0.29, 0.717) is 16.5 Å². The van der Waals surface area contributed by atoms with Gasteiger partial charge in [-0.3, -0.25) is 13.9 Å². The molecule has 214 valence electrons. The second-order valence-electron chi connectivity index (χ2n) is 10.6. The van der Waals surface area contributed by atoms with Crippen LogP contribution in [0.2, 0.25) is 10.0 Å². The third kappa shape index (κ3) is 8.22. The first kappa shape index (κ1) is 31.5. The quantitative estimate of drug-likeness (QED) is 0.298. The minimum absolute atomic E-state index is 0.0441. The van der Waals surface area contributed by atoms with E-state index in [4.69, 9.17) is 23.2 Å². The van der Waals surface area contributed by atoms with Crippen molar-refractivity contribution in [3.05, 3.63) is 94.0 Å². The number of hydrogen-bond donors (Lipinski definition) is 1. The number of carbonyl (C=O) groups excluding carboxylic acids is 2. The number of rotatable bonds is 10. The molecule has 0 saturated carbocycles. The van der Waals surface area contributed by atoms with Crippen LogP contribution >= 0.6 is 23.2 Å². The fourth-order valence-corrected chi connectivity index (χ4v) is 5.80. The highest BCUT2D eigenvalue weighted by molar-refractivity contribution is 7.92. The van der Waals surface area contributed by atoms with Gasteiger partial charge in [-0.2, -0.15) is 0 Å². The van der Waals surface area contributed by atoms with Gasteiger partial charge in [-0.15, -0.1) is 0 Å². The zero-order valence-electron chi connectivity index (χ0n) is 23.3. The summed E-state index contributed by atoms with van der Waals surface area (Å²) in [4.78, 5) is 28.9. The molecule has 3 rings (SSSR count). The van der Waals surface area contributed by atoms with Crippen molar-refractivity contribution in [1.29, 1.82) is 0 Å². The number of halogens is 2. The number of aryl methyl sites for hydroxylation is 1. The molecule has 0 bridgehead atoms. The number of sulfonamides is 1. The van der Waals surface area contributed by atoms with E-state index < -0.39 is 34.1 Å². The summed E-state index contributed by atoms with van der Waals surface area (Å²) < 4.78 is 28.8. The van der Waals surface area contributed by atoms with Crippen molar-refractivity contribution in [3.8, 4) is 0 Å². The van der Waals surface area contributed by atoms with Gasteiger partial charge in [0.15, 0.2) is 0 Å². The number of amides is 2. The molecule has 0 fully saturated rings. The number of carbonyl (C=O) groups is 2. The average molecular weight is 605 g/mol. The van der Waals surface area contributed by atoms with E-state index in [1.54, 1.807) is 60.7 Å². The first-order valence-corrected chi connectivity index (χ1v) is 15.1. The van der Waals surface area contributed by atoms with Crippen molar-refractivity contribution in [3.63, 3.8) is 0 Å². The summed E-state index contributed by atoms with van der Waals surface area (Å²) in [5, 5.41) is 3.92. The lowest BCUT2D eigenvalue weighted by Gasteiger charge is -2.34. The summed E-state index contributed by atoms with van der Waals surface area (Å²) in [6, 6.07) is 18.8. The van der Waals surface area contributed by atoms with Crippen molar-refractivity contribution in [2.75, 3.05) is 10.8 Å². The molecule has 40 heavy (non-hydrogen) atoms. The van der Waals surface area contributed by atoms with Crippen LogP contribution in [0, 0.1) is 6.92 Å². The van der Waals surface area contributed by atoms with Crippen LogP contribution in [-0.4, -0.2) is 43.3 Å². The number of nitrogens with one attached hydrogen (secondary N) is 1. The van der Waals surface area contributed by atoms with Crippen molar-refractivity contribution in [1.82, 2.24) is 10.2 Å². The van der Waals surface area contributed by atoms with Crippen LogP contribution in [-0.2, 0) is 26.2 Å². The molecule has 0 aliphatic carbocycles. The van der Waals surface area contributed by atoms with Gasteiger partial charge < -0.3 is 10.2 Å². The number of nitrogens with zero attached hydrogens (tertiary/aromatic N) is 2. The second kappa shape index (κ2) is 13.1. The first-order chi connectivity index (χ1) is 18.7. The SMILES string of the molecule is CC[C@H](C(=O)NC(C)(C)C)N(Cc1ccc(Cl)cc1)C(=O)CN(c1ccc(Cl)cc1)S(=O)(=O)c1ccc(C)cc1. The van der Waals surface area contributed by atoms with E-state index in [0.717, 1.165) is 15.4 Å². The molecule has 0 heterocycles. The minimum Gasteiger partial charge on any atom is -0.350 e. The molecule has 7 nitrogen and oxygen atoms in total. The largest absolute Gasteiger partial charge is 0.350 e. The molecule has 0 aliphatic heterocycles. The summed E-state index contributed by atoms with van der Waals surface area (Å²) in [6.07, 6.45) is 0.326. The summed E-state index contributed by atoms with van der Waals surface area (Å²) >= 11 is 12.1. The maximum absolute atomic E-state index is 14.1. The van der Waals surface area contributed by atoms with E-state index in [-0.39, 0.29) is 23.0 Å². The normalized spacial score (nSPS) is 12.5. The van der Waals surface area contributed by atoms with E-state index in [1.807, 2.05) is 34.6 Å². The Morgan fingerprint density at radius 3 is 1.90 bits per heavy atom. The lowest BCUT2D eigenvalue weighted by molar-refractivity contribution is -0.141. The Morgan fingerprint density at radius 1 is 0.875 bits per heavy atom. The second-order valence-corrected chi connectivity index (χ2v) is 13.3. The van der Waals surface area contributed by atoms with Gasteiger partial charge >= 0.3 is 0 Å². The molecule has 0 aliphatic rings. The van der Waals surface area contributed by atoms with Gasteiger partial charge in [0.1, 0.15) is 12.6 Å². The third-order valence-electron chi connectivity index (χ3n) is 6.15. The standard InChI is InChI=1S/C30H35Cl2N3O4S/c1-6-27(29(37)33-30(3,4)5)34(19-22-9-11-23(31)12-10-22)28(36)20-35(25-15-13-24(32)14-16-25)40(38,39)26-17-7-21(2)8-18-26/h7-18,27H,6,19-20H2,1-5H3,(H,33,37)/t27-/m1/s1. The van der Waals surface area contributed by atoms with Crippen LogP contribution in [0.4, 0.5) is 5.69 Å². The number of hydrogen-bond acceptors (Lipinski definition) is 4. The third-order valence-corrected chi connectivity index (χ3v) is 8.44. The summed E-state index contributed by atoms with van der Waals surface area (Å²) in [7, 11) is -4.15. The Labute approximate surface area is 247 Å². The Kier molecular flexibility index (Phi) is 10.3. The van der Waals surface area contributed by atoms with Gasteiger partial charge in [-0.1, -0.05) is 60.0 Å². The van der Waals surface area contributed by atoms with E-state index in [1.165, 1.54) is 17.0 Å². The molecular weight excluding hydrogens is 569 g/mol. The molecule has 0 saturated heterocycles. The van der Waals surface area contributed by atoms with Crippen LogP contribution in [0.3, 0.4) is 0 Å². The van der Waals surface area contributed by atoms with Gasteiger partial charge in [-0.05, 0) is 88.2 Å². The Bertz CT molecular complexity index is 1420. The average Bonchev–Trinajstić information content (AvgIpc) is 2.88. The summed E-state index contributed by atoms with van der Waals surface area (Å²) in [5.74, 6) is -0.853. The Morgan fingerprint density at radius 2 is 1.40 bits per heavy atom. The van der Waals surface area contributed by atoms with E-state index >= 15 is 0 Å². The highest BCUT2D eigenvalue weighted by Gasteiger charge is 2.34. The highest BCUT2D eigenvalue weighted by Crippen LogP contribution is 2.26. The molecule has 0 aromatic heterocycles. The molecule has 10 heteroatoms. The van der Waals surface area contributed by atoms with Gasteiger partial charge in [0.25, 0.3) is 10.0 Å². The van der Waals surface area contributed by atoms with Crippen molar-refractivity contribution < 1.29 is 18.0 Å². The topological polar surface area (TPSA) is 86.8 Å². The zero-order valence-corrected chi connectivity index (χ0v) is 25.6. The fraction of sp³-hybridized carbons (Fsp3) is 0.333. The maximum Gasteiger partial charge on any atom is 0.264 e. The van der Waals surface area contributed by atoms with Crippen LogP contribution in [0.5, 0.6) is 0 Å². The molecule has 3 aromatic rings. The highest BCUT2D eigenvalue weighted by atomic mass is 35.5. The number of benzene rings is 3. The molecule has 2 amide bonds. The smallest absolute Gasteiger partial charge is 0.264 e. The van der Waals surface area contributed by atoms with Crippen molar-refractivity contribution in [2.45, 2.75) is 64.1 Å². The molecule has 3 aromatic carbocycles. The fourth-order valence-electron chi connectivity index (χ4n) is 4.13. The molecule has 0 spiro atoms. The van der Waals surface area contributed by atoms with Gasteiger partial charge in [-0.25, -0.2) is 8.42 Å². The van der Waals surface area contributed by atoms with Crippen LogP contribution in [0.25, 0.3) is 0 Å². The first-order valence-electron chi connectivity index (χ1n) is 12.9. The van der Waals surface area contributed by atoms with E-state index in [2.05, 4.69) is 5.32 Å². The Balaban J connectivity index is 2.06. The van der Waals surface area contributed by atoms with Crippen LogP contribution < -0.4 is 9.62 Å². The van der Waals surface area contributed by atoms with Crippen LogP contribution in [0.1, 0.15) is 45.2 Å². The Hall–Kier alpha value is -3.07. The lowest BCUT2D eigenvalue weighted by Crippen LogP contribution is -2.55. The van der Waals surface area contributed by atoms with Crippen LogP contribution in [0.15, 0.2) is 77.7 Å². The molecule has 1 atom stereocenters. The van der Waals surface area contributed by atoms with Crippen molar-refractivity contribution >= 4 is 50.7 Å². The van der Waals surface area contributed by atoms with Gasteiger partial charge in [0.05, 0.1) is 10.6 Å². The zero-order chi connectivity index (χ0) is 29.7. The predicted octanol–water partition coefficient (Wildman–Crippen LogP) is 6.22. The summed E-state index contributed by atoms with van der Waals surface area (Å²) in [5.41, 5.74) is 1.40. The predicted molar refractivity (Wildman–Crippen MR) is 161 cm³/mol. The van der Waals surface area contributed by atoms with Gasteiger partial charge in [0.2, 0.25) is 11.8 Å². The van der Waals surface area contributed by atoms with Crippen molar-refractivity contribution in [2.24, 2.45) is 0 Å². The minimum atomic E-state index is -4.15. The van der Waals surface area contributed by atoms with Gasteiger partial charge in [0, 0.05) is 22.1 Å². The molecule has 1 N–H and O–H groups in total. The lowest BCUT2D eigenvalue weighted by atomic mass is 10.1. The maximum atomic E-state index is 14.1. The molecular formula is C30H35Cl2N3O4S. The monoisotopic (exact) mass is 603 g/mol. The molecule has 0 unspecified atom stereocenters.